The maximum Gasteiger partial charge on any atom is 0.407 e. The zero-order valence-corrected chi connectivity index (χ0v) is 50.0. The van der Waals surface area contributed by atoms with Crippen molar-refractivity contribution in [3.8, 4) is 16.9 Å². The van der Waals surface area contributed by atoms with Crippen LogP contribution in [0.3, 0.4) is 0 Å². The highest BCUT2D eigenvalue weighted by Crippen LogP contribution is 2.44. The van der Waals surface area contributed by atoms with Crippen molar-refractivity contribution in [3.05, 3.63) is 166 Å². The molecule has 17 nitrogen and oxygen atoms in total. The van der Waals surface area contributed by atoms with Crippen LogP contribution >= 0.6 is 0 Å². The Labute approximate surface area is 494 Å². The molecule has 0 bridgehead atoms. The summed E-state index contributed by atoms with van der Waals surface area (Å²) in [6, 6.07) is 34.1. The number of carbonyl (C=O) groups is 6. The summed E-state index contributed by atoms with van der Waals surface area (Å²) in [6.07, 6.45) is 1.53. The fourth-order valence-corrected chi connectivity index (χ4v) is 9.50. The number of hydrogen-bond donors (Lipinski definition) is 5. The molecule has 1 aliphatic rings. The van der Waals surface area contributed by atoms with Gasteiger partial charge in [0, 0.05) is 24.6 Å². The van der Waals surface area contributed by atoms with Crippen molar-refractivity contribution < 1.29 is 62.3 Å². The van der Waals surface area contributed by atoms with Gasteiger partial charge in [-0.2, -0.15) is 0 Å². The Morgan fingerprint density at radius 2 is 1.26 bits per heavy atom. The van der Waals surface area contributed by atoms with E-state index in [-0.39, 0.29) is 118 Å². The summed E-state index contributed by atoms with van der Waals surface area (Å²) >= 11 is 0. The van der Waals surface area contributed by atoms with Crippen LogP contribution in [0.4, 0.5) is 4.79 Å². The second kappa shape index (κ2) is 31.8. The molecule has 0 saturated heterocycles. The second-order valence-corrected chi connectivity index (χ2v) is 23.3. The van der Waals surface area contributed by atoms with E-state index in [9.17, 15) is 33.9 Å². The van der Waals surface area contributed by atoms with Gasteiger partial charge in [0.1, 0.15) is 30.6 Å². The molecule has 0 spiro atoms. The molecule has 84 heavy (non-hydrogen) atoms. The molecule has 0 heterocycles. The largest absolute Gasteiger partial charge is 0.493 e. The van der Waals surface area contributed by atoms with Crippen LogP contribution in [0.15, 0.2) is 121 Å². The first-order valence-electron chi connectivity index (χ1n) is 28.8. The van der Waals surface area contributed by atoms with Gasteiger partial charge in [0.25, 0.3) is 5.91 Å². The van der Waals surface area contributed by atoms with E-state index >= 15 is 0 Å². The number of methoxy groups -OCH3 is 1. The number of aliphatic hydroxyl groups excluding tert-OH is 1. The summed E-state index contributed by atoms with van der Waals surface area (Å²) in [4.78, 5) is 79.0. The number of amides is 4. The molecule has 17 heteroatoms. The zero-order valence-electron chi connectivity index (χ0n) is 50.0. The minimum Gasteiger partial charge on any atom is -0.493 e. The molecule has 0 radical (unpaired) electrons. The van der Waals surface area contributed by atoms with Crippen molar-refractivity contribution in [1.29, 1.82) is 0 Å². The number of allylic oxidation sites excluding steroid dienone is 1. The number of esters is 1. The molecule has 3 unspecified atom stereocenters. The molecule has 6 rings (SSSR count). The van der Waals surface area contributed by atoms with Gasteiger partial charge in [-0.3, -0.25) is 19.2 Å². The van der Waals surface area contributed by atoms with Crippen molar-refractivity contribution in [2.75, 3.05) is 73.1 Å². The Balaban J connectivity index is 0.850. The standard InChI is InChI=1S/C67H84N4O13/c1-44(2)36-57(70-63(76)61(74)56(37-45-18-11-10-12-19-45)71-65(78)84-42-55-52-22-15-13-20-50(52)51-21-14-16-23-53(51)55)62(75)69-29-31-80-32-33-81-34-35-82-43-60(73)68-28-17-30-83-59-38-46(24-26-54(59)64(77)79-9)25-27-58(72)47-39-48(66(3,4)5)41-49(40-47)67(6,7)8/h10-16,18-27,38-41,44,55-57,61,74H,17,28-37,42-43H2,1-9H3,(H,68,73)(H,69,75)(H,70,76)(H,71,78). The highest BCUT2D eigenvalue weighted by molar-refractivity contribution is 6.07. The van der Waals surface area contributed by atoms with E-state index in [2.05, 4.69) is 68.9 Å². The van der Waals surface area contributed by atoms with Gasteiger partial charge in [0.2, 0.25) is 11.8 Å². The van der Waals surface area contributed by atoms with Crippen LogP contribution in [0, 0.1) is 5.92 Å². The molecule has 0 aliphatic heterocycles. The molecule has 4 amide bonds. The monoisotopic (exact) mass is 1150 g/mol. The van der Waals surface area contributed by atoms with Crippen LogP contribution < -0.4 is 26.0 Å². The molecule has 450 valence electrons. The van der Waals surface area contributed by atoms with Crippen molar-refractivity contribution in [2.45, 2.75) is 110 Å². The molecule has 0 aromatic heterocycles. The highest BCUT2D eigenvalue weighted by Gasteiger charge is 2.34. The normalized spacial score (nSPS) is 13.3. The molecule has 1 aliphatic carbocycles. The quantitative estimate of drug-likeness (QED) is 0.0121. The van der Waals surface area contributed by atoms with Gasteiger partial charge < -0.3 is 54.8 Å². The summed E-state index contributed by atoms with van der Waals surface area (Å²) < 4.78 is 33.4. The van der Waals surface area contributed by atoms with E-state index in [1.54, 1.807) is 24.3 Å². The minimum absolute atomic E-state index is 0.0112. The van der Waals surface area contributed by atoms with Crippen LogP contribution in [0.2, 0.25) is 0 Å². The maximum atomic E-state index is 13.7. The number of ether oxygens (including phenoxy) is 6. The number of nitrogens with one attached hydrogen (secondary N) is 4. The van der Waals surface area contributed by atoms with Gasteiger partial charge in [0.15, 0.2) is 11.9 Å². The number of fused-ring (bicyclic) bond motifs is 3. The van der Waals surface area contributed by atoms with Crippen LogP contribution in [0.5, 0.6) is 5.75 Å². The van der Waals surface area contributed by atoms with E-state index in [0.717, 1.165) is 38.9 Å². The Morgan fingerprint density at radius 1 is 0.655 bits per heavy atom. The first kappa shape index (κ1) is 65.5. The molecule has 5 aromatic carbocycles. The van der Waals surface area contributed by atoms with E-state index in [1.165, 1.54) is 13.2 Å². The van der Waals surface area contributed by atoms with Crippen molar-refractivity contribution in [3.63, 3.8) is 0 Å². The third kappa shape index (κ3) is 20.0. The van der Waals surface area contributed by atoms with Crippen molar-refractivity contribution in [1.82, 2.24) is 21.3 Å². The lowest BCUT2D eigenvalue weighted by Crippen LogP contribution is -2.56. The molecular weight excluding hydrogens is 1070 g/mol. The topological polar surface area (TPSA) is 226 Å². The Morgan fingerprint density at radius 3 is 1.88 bits per heavy atom. The highest BCUT2D eigenvalue weighted by atomic mass is 16.6. The number of hydrogen-bond acceptors (Lipinski definition) is 13. The van der Waals surface area contributed by atoms with E-state index in [4.69, 9.17) is 28.4 Å². The smallest absolute Gasteiger partial charge is 0.407 e. The van der Waals surface area contributed by atoms with Gasteiger partial charge in [-0.05, 0) is 111 Å². The zero-order chi connectivity index (χ0) is 60.8. The predicted octanol–water partition coefficient (Wildman–Crippen LogP) is 9.06. The van der Waals surface area contributed by atoms with Gasteiger partial charge in [-0.1, -0.05) is 152 Å². The third-order valence-corrected chi connectivity index (χ3v) is 14.1. The van der Waals surface area contributed by atoms with E-state index < -0.39 is 42.1 Å². The first-order chi connectivity index (χ1) is 40.1. The van der Waals surface area contributed by atoms with E-state index in [1.807, 2.05) is 105 Å². The number of rotatable bonds is 31. The lowest BCUT2D eigenvalue weighted by Gasteiger charge is -2.26. The van der Waals surface area contributed by atoms with Gasteiger partial charge in [0.05, 0.1) is 52.8 Å². The summed E-state index contributed by atoms with van der Waals surface area (Å²) in [5.41, 5.74) is 8.40. The van der Waals surface area contributed by atoms with Gasteiger partial charge in [-0.25, -0.2) is 9.59 Å². The number of alkyl carbamates (subject to hydrolysis) is 1. The van der Waals surface area contributed by atoms with Crippen LogP contribution in [-0.2, 0) is 55.3 Å². The van der Waals surface area contributed by atoms with Gasteiger partial charge in [-0.15, -0.1) is 0 Å². The Hall–Kier alpha value is -7.70. The molecule has 0 fully saturated rings. The summed E-state index contributed by atoms with van der Waals surface area (Å²) in [6.45, 7) is 18.1. The second-order valence-electron chi connectivity index (χ2n) is 23.3. The minimum atomic E-state index is -1.72. The first-order valence-corrected chi connectivity index (χ1v) is 28.8. The summed E-state index contributed by atoms with van der Waals surface area (Å²) in [7, 11) is 1.29. The van der Waals surface area contributed by atoms with Crippen LogP contribution in [0.1, 0.15) is 128 Å². The maximum absolute atomic E-state index is 13.7. The van der Waals surface area contributed by atoms with Crippen LogP contribution in [-0.4, -0.2) is 132 Å². The molecular formula is C67H84N4O13. The molecule has 5 aromatic rings. The SMILES string of the molecule is COC(=O)c1ccc(C=CC(=O)c2cc(C(C)(C)C)cc(C(C)(C)C)c2)cc1OCCCNC(=O)COCCOCCOCCNC(=O)C(CC(C)C)NC(=O)C(O)C(Cc1ccccc1)NC(=O)OCC1c2ccccc2-c2ccccc21. The fourth-order valence-electron chi connectivity index (χ4n) is 9.50. The van der Waals surface area contributed by atoms with E-state index in [0.29, 0.717) is 24.1 Å². The summed E-state index contributed by atoms with van der Waals surface area (Å²) in [5.74, 6) is -2.19. The van der Waals surface area contributed by atoms with Crippen LogP contribution in [0.25, 0.3) is 17.2 Å². The number of carbonyl (C=O) groups excluding carboxylic acids is 6. The Kier molecular flexibility index (Phi) is 24.8. The number of benzene rings is 5. The lowest BCUT2D eigenvalue weighted by molar-refractivity contribution is -0.135. The number of ketones is 1. The van der Waals surface area contributed by atoms with Crippen molar-refractivity contribution >= 4 is 41.6 Å². The molecule has 3 atom stereocenters. The summed E-state index contributed by atoms with van der Waals surface area (Å²) in [5, 5.41) is 22.5. The lowest BCUT2D eigenvalue weighted by atomic mass is 9.79. The van der Waals surface area contributed by atoms with Crippen molar-refractivity contribution in [2.24, 2.45) is 5.92 Å². The third-order valence-electron chi connectivity index (χ3n) is 14.1. The molecule has 5 N–H and O–H groups in total. The van der Waals surface area contributed by atoms with Gasteiger partial charge >= 0.3 is 12.1 Å². The number of aliphatic hydroxyl groups is 1. The average molecular weight is 1150 g/mol. The fraction of sp³-hybridized carbons (Fsp3) is 0.433. The predicted molar refractivity (Wildman–Crippen MR) is 323 cm³/mol. The molecule has 0 saturated carbocycles. The average Bonchev–Trinajstić information content (AvgIpc) is 3.26. The Bertz CT molecular complexity index is 2960.